The number of nitrogens with zero attached hydrogens (tertiary/aromatic N) is 3. The van der Waals surface area contributed by atoms with Gasteiger partial charge in [0, 0.05) is 42.9 Å². The van der Waals surface area contributed by atoms with Crippen molar-refractivity contribution in [3.8, 4) is 0 Å². The average molecular weight is 420 g/mol. The Morgan fingerprint density at radius 2 is 1.86 bits per heavy atom. The predicted octanol–water partition coefficient (Wildman–Crippen LogP) is 4.69. The number of halogens is 2. The molecule has 2 aromatic rings. The van der Waals surface area contributed by atoms with Gasteiger partial charge in [-0.15, -0.1) is 0 Å². The van der Waals surface area contributed by atoms with Crippen LogP contribution < -0.4 is 4.90 Å². The number of benzene rings is 1. The first-order chi connectivity index (χ1) is 13.6. The van der Waals surface area contributed by atoms with E-state index < -0.39 is 0 Å². The first kappa shape index (κ1) is 20.0. The molecule has 4 nitrogen and oxygen atoms in total. The molecule has 0 radical (unpaired) electrons. The van der Waals surface area contributed by atoms with Crippen molar-refractivity contribution < 1.29 is 4.74 Å². The van der Waals surface area contributed by atoms with Crippen LogP contribution >= 0.6 is 23.2 Å². The van der Waals surface area contributed by atoms with Crippen LogP contribution in [0.1, 0.15) is 25.3 Å². The molecule has 0 N–H and O–H groups in total. The monoisotopic (exact) mass is 419 g/mol. The number of pyridine rings is 1. The van der Waals surface area contributed by atoms with E-state index in [1.54, 1.807) is 0 Å². The van der Waals surface area contributed by atoms with Gasteiger partial charge in [0.2, 0.25) is 0 Å². The summed E-state index contributed by atoms with van der Waals surface area (Å²) in [5.74, 6) is 0.913. The van der Waals surface area contributed by atoms with Crippen LogP contribution in [0.5, 0.6) is 0 Å². The van der Waals surface area contributed by atoms with Crippen molar-refractivity contribution in [3.05, 3.63) is 58.2 Å². The van der Waals surface area contributed by atoms with Crippen LogP contribution in [0.2, 0.25) is 10.0 Å². The van der Waals surface area contributed by atoms with Crippen LogP contribution in [0.15, 0.2) is 42.6 Å². The highest BCUT2D eigenvalue weighted by Crippen LogP contribution is 2.29. The van der Waals surface area contributed by atoms with Gasteiger partial charge in [-0.2, -0.15) is 0 Å². The summed E-state index contributed by atoms with van der Waals surface area (Å²) in [6.45, 7) is 5.93. The maximum atomic E-state index is 6.35. The number of anilines is 1. The number of hydrogen-bond acceptors (Lipinski definition) is 4. The lowest BCUT2D eigenvalue weighted by atomic mass is 9.96. The zero-order chi connectivity index (χ0) is 19.5. The third-order valence-electron chi connectivity index (χ3n) is 5.87. The quantitative estimate of drug-likeness (QED) is 0.718. The number of morpholine rings is 1. The highest BCUT2D eigenvalue weighted by Gasteiger charge is 2.34. The zero-order valence-electron chi connectivity index (χ0n) is 16.2. The first-order valence-electron chi connectivity index (χ1n) is 10.1. The molecule has 1 aromatic heterocycles. The summed E-state index contributed by atoms with van der Waals surface area (Å²) in [5.41, 5.74) is 1.32. The third-order valence-corrected chi connectivity index (χ3v) is 6.41. The predicted molar refractivity (Wildman–Crippen MR) is 116 cm³/mol. The average Bonchev–Trinajstić information content (AvgIpc) is 2.71. The second-order valence-corrected chi connectivity index (χ2v) is 8.70. The Balaban J connectivity index is 1.42. The fourth-order valence-corrected chi connectivity index (χ4v) is 4.77. The van der Waals surface area contributed by atoms with E-state index in [-0.39, 0.29) is 6.10 Å². The minimum Gasteiger partial charge on any atom is -0.376 e. The van der Waals surface area contributed by atoms with Crippen LogP contribution in [0.3, 0.4) is 0 Å². The molecule has 2 aliphatic rings. The van der Waals surface area contributed by atoms with E-state index in [4.69, 9.17) is 27.9 Å². The molecule has 2 fully saturated rings. The Kier molecular flexibility index (Phi) is 6.42. The first-order valence-corrected chi connectivity index (χ1v) is 10.8. The number of piperidine rings is 1. The standard InChI is InChI=1S/C22H27Cl2N3O/c1-16-14-27(20(15-28-16)13-17-4-6-18(23)7-5-17)19-8-11-26(12-9-19)22-21(24)3-2-10-25-22/h2-7,10,16,19-20H,8-9,11-15H2,1H3/t16-,20-/m0/s1. The third kappa shape index (κ3) is 4.62. The molecule has 1 aromatic carbocycles. The van der Waals surface area contributed by atoms with Gasteiger partial charge < -0.3 is 9.64 Å². The van der Waals surface area contributed by atoms with Gasteiger partial charge in [-0.1, -0.05) is 35.3 Å². The molecule has 0 amide bonds. The lowest BCUT2D eigenvalue weighted by Gasteiger charge is -2.46. The van der Waals surface area contributed by atoms with E-state index in [1.165, 1.54) is 5.56 Å². The van der Waals surface area contributed by atoms with Gasteiger partial charge in [0.05, 0.1) is 17.7 Å². The fourth-order valence-electron chi connectivity index (χ4n) is 4.41. The SMILES string of the molecule is C[C@H]1CN(C2CCN(c3ncccc3Cl)CC2)[C@@H](Cc2ccc(Cl)cc2)CO1. The molecule has 2 aliphatic heterocycles. The molecule has 0 spiro atoms. The Morgan fingerprint density at radius 1 is 1.11 bits per heavy atom. The number of aromatic nitrogens is 1. The Morgan fingerprint density at radius 3 is 2.57 bits per heavy atom. The summed E-state index contributed by atoms with van der Waals surface area (Å²) in [6, 6.07) is 13.0. The van der Waals surface area contributed by atoms with E-state index in [0.29, 0.717) is 12.1 Å². The molecule has 0 saturated carbocycles. The lowest BCUT2D eigenvalue weighted by Crippen LogP contribution is -2.56. The summed E-state index contributed by atoms with van der Waals surface area (Å²) < 4.78 is 6.01. The molecule has 28 heavy (non-hydrogen) atoms. The molecule has 4 rings (SSSR count). The number of hydrogen-bond donors (Lipinski definition) is 0. The Bertz CT molecular complexity index is 778. The van der Waals surface area contributed by atoms with Gasteiger partial charge in [0.1, 0.15) is 5.82 Å². The van der Waals surface area contributed by atoms with Gasteiger partial charge in [-0.05, 0) is 56.0 Å². The summed E-state index contributed by atoms with van der Waals surface area (Å²) in [4.78, 5) is 9.48. The molecule has 0 aliphatic carbocycles. The summed E-state index contributed by atoms with van der Waals surface area (Å²) in [6.07, 6.45) is 5.34. The number of rotatable bonds is 4. The van der Waals surface area contributed by atoms with Crippen LogP contribution in [-0.4, -0.2) is 54.3 Å². The number of ether oxygens (including phenoxy) is 1. The van der Waals surface area contributed by atoms with E-state index in [0.717, 1.165) is 61.4 Å². The van der Waals surface area contributed by atoms with Gasteiger partial charge in [0.15, 0.2) is 0 Å². The summed E-state index contributed by atoms with van der Waals surface area (Å²) >= 11 is 12.4. The minimum absolute atomic E-state index is 0.282. The fraction of sp³-hybridized carbons (Fsp3) is 0.500. The molecule has 0 unspecified atom stereocenters. The lowest BCUT2D eigenvalue weighted by molar-refractivity contribution is -0.0745. The largest absolute Gasteiger partial charge is 0.376 e. The van der Waals surface area contributed by atoms with Gasteiger partial charge in [0.25, 0.3) is 0 Å². The maximum absolute atomic E-state index is 6.35. The van der Waals surface area contributed by atoms with Crippen LogP contribution in [0, 0.1) is 0 Å². The molecule has 150 valence electrons. The molecular weight excluding hydrogens is 393 g/mol. The minimum atomic E-state index is 0.282. The summed E-state index contributed by atoms with van der Waals surface area (Å²) in [7, 11) is 0. The van der Waals surface area contributed by atoms with Gasteiger partial charge in [-0.25, -0.2) is 4.98 Å². The molecule has 3 heterocycles. The molecule has 2 saturated heterocycles. The van der Waals surface area contributed by atoms with Crippen molar-refractivity contribution in [2.75, 3.05) is 31.1 Å². The second-order valence-electron chi connectivity index (χ2n) is 7.85. The smallest absolute Gasteiger partial charge is 0.147 e. The van der Waals surface area contributed by atoms with Crippen LogP contribution in [0.4, 0.5) is 5.82 Å². The molecule has 2 atom stereocenters. The molecule has 6 heteroatoms. The highest BCUT2D eigenvalue weighted by molar-refractivity contribution is 6.32. The van der Waals surface area contributed by atoms with Crippen molar-refractivity contribution in [1.29, 1.82) is 0 Å². The molecule has 0 bridgehead atoms. The van der Waals surface area contributed by atoms with E-state index in [2.05, 4.69) is 33.8 Å². The Labute approximate surface area is 177 Å². The van der Waals surface area contributed by atoms with Gasteiger partial charge >= 0.3 is 0 Å². The normalized spacial score (nSPS) is 24.5. The van der Waals surface area contributed by atoms with E-state index >= 15 is 0 Å². The summed E-state index contributed by atoms with van der Waals surface area (Å²) in [5, 5.41) is 1.52. The van der Waals surface area contributed by atoms with Crippen LogP contribution in [-0.2, 0) is 11.2 Å². The van der Waals surface area contributed by atoms with Crippen molar-refractivity contribution >= 4 is 29.0 Å². The van der Waals surface area contributed by atoms with Gasteiger partial charge in [-0.3, -0.25) is 4.90 Å². The second kappa shape index (κ2) is 9.00. The van der Waals surface area contributed by atoms with Crippen molar-refractivity contribution in [3.63, 3.8) is 0 Å². The zero-order valence-corrected chi connectivity index (χ0v) is 17.7. The maximum Gasteiger partial charge on any atom is 0.147 e. The highest BCUT2D eigenvalue weighted by atomic mass is 35.5. The van der Waals surface area contributed by atoms with E-state index in [1.807, 2.05) is 30.5 Å². The van der Waals surface area contributed by atoms with Crippen molar-refractivity contribution in [1.82, 2.24) is 9.88 Å². The Hall–Kier alpha value is -1.33. The van der Waals surface area contributed by atoms with Crippen molar-refractivity contribution in [2.24, 2.45) is 0 Å². The van der Waals surface area contributed by atoms with E-state index in [9.17, 15) is 0 Å². The van der Waals surface area contributed by atoms with Crippen molar-refractivity contribution in [2.45, 2.75) is 44.4 Å². The topological polar surface area (TPSA) is 28.6 Å². The van der Waals surface area contributed by atoms with Crippen LogP contribution in [0.25, 0.3) is 0 Å². The molecular formula is C22H27Cl2N3O.